The first-order valence-corrected chi connectivity index (χ1v) is 5.48. The van der Waals surface area contributed by atoms with Crippen molar-refractivity contribution >= 4 is 26.9 Å². The van der Waals surface area contributed by atoms with Crippen molar-refractivity contribution in [3.05, 3.63) is 34.2 Å². The van der Waals surface area contributed by atoms with E-state index < -0.39 is 0 Å². The minimum absolute atomic E-state index is 0.0149. The Hall–Kier alpha value is -0.870. The van der Waals surface area contributed by atoms with Crippen molar-refractivity contribution in [1.82, 2.24) is 0 Å². The maximum atomic E-state index is 13.3. The van der Waals surface area contributed by atoms with Gasteiger partial charge in [-0.2, -0.15) is 0 Å². The Morgan fingerprint density at radius 3 is 2.87 bits per heavy atom. The number of halogens is 2. The Balaban J connectivity index is 2.59. The van der Waals surface area contributed by atoms with Crippen LogP contribution in [-0.4, -0.2) is 6.04 Å². The van der Waals surface area contributed by atoms with Crippen molar-refractivity contribution < 1.29 is 8.81 Å². The molecule has 1 aromatic heterocycles. The lowest BCUT2D eigenvalue weighted by Crippen LogP contribution is -2.17. The van der Waals surface area contributed by atoms with Gasteiger partial charge in [0.1, 0.15) is 11.4 Å². The Morgan fingerprint density at radius 1 is 1.47 bits per heavy atom. The van der Waals surface area contributed by atoms with Gasteiger partial charge in [-0.05, 0) is 53.0 Å². The predicted molar refractivity (Wildman–Crippen MR) is 61.2 cm³/mol. The van der Waals surface area contributed by atoms with E-state index in [2.05, 4.69) is 15.9 Å². The van der Waals surface area contributed by atoms with Crippen LogP contribution < -0.4 is 5.73 Å². The summed E-state index contributed by atoms with van der Waals surface area (Å²) in [4.78, 5) is 0. The Labute approximate surface area is 95.4 Å². The van der Waals surface area contributed by atoms with Gasteiger partial charge in [-0.15, -0.1) is 0 Å². The third-order valence-electron chi connectivity index (χ3n) is 2.17. The number of furan rings is 1. The number of benzene rings is 1. The predicted octanol–water partition coefficient (Wildman–Crippen LogP) is 3.22. The van der Waals surface area contributed by atoms with Crippen LogP contribution in [0.3, 0.4) is 0 Å². The quantitative estimate of drug-likeness (QED) is 0.911. The molecule has 0 unspecified atom stereocenters. The van der Waals surface area contributed by atoms with Crippen molar-refractivity contribution in [2.75, 3.05) is 0 Å². The fourth-order valence-electron chi connectivity index (χ4n) is 1.65. The van der Waals surface area contributed by atoms with Crippen LogP contribution in [0.2, 0.25) is 0 Å². The molecule has 0 saturated heterocycles. The molecule has 0 aliphatic heterocycles. The normalized spacial score (nSPS) is 13.3. The van der Waals surface area contributed by atoms with Crippen LogP contribution in [0.4, 0.5) is 4.39 Å². The van der Waals surface area contributed by atoms with Gasteiger partial charge in [0.25, 0.3) is 0 Å². The highest BCUT2D eigenvalue weighted by molar-refractivity contribution is 9.10. The smallest absolute Gasteiger partial charge is 0.170 e. The number of nitrogens with two attached hydrogens (primary N) is 1. The molecule has 2 nitrogen and oxygen atoms in total. The van der Waals surface area contributed by atoms with Crippen LogP contribution in [0, 0.1) is 5.82 Å². The third kappa shape index (κ3) is 2.21. The molecule has 80 valence electrons. The first-order valence-electron chi connectivity index (χ1n) is 4.69. The van der Waals surface area contributed by atoms with Gasteiger partial charge in [-0.25, -0.2) is 4.39 Å². The topological polar surface area (TPSA) is 39.2 Å². The summed E-state index contributed by atoms with van der Waals surface area (Å²) in [7, 11) is 0. The van der Waals surface area contributed by atoms with Gasteiger partial charge in [0.15, 0.2) is 4.67 Å². The number of hydrogen-bond donors (Lipinski definition) is 1. The maximum absolute atomic E-state index is 13.3. The van der Waals surface area contributed by atoms with Gasteiger partial charge in [0.2, 0.25) is 0 Å². The zero-order valence-corrected chi connectivity index (χ0v) is 9.84. The third-order valence-corrected chi connectivity index (χ3v) is 2.56. The highest BCUT2D eigenvalue weighted by Gasteiger charge is 2.10. The van der Waals surface area contributed by atoms with Gasteiger partial charge in [-0.3, -0.25) is 0 Å². The second-order valence-electron chi connectivity index (χ2n) is 3.72. The number of hydrogen-bond acceptors (Lipinski definition) is 2. The Kier molecular flexibility index (Phi) is 2.80. The molecule has 2 aromatic rings. The number of fused-ring (bicyclic) bond motifs is 1. The molecule has 1 aromatic carbocycles. The summed E-state index contributed by atoms with van der Waals surface area (Å²) in [5, 5.41) is 0.762. The molecule has 0 amide bonds. The average molecular weight is 272 g/mol. The SMILES string of the molecule is C[C@H](N)Cc1cc(F)cc2cc(Br)oc12. The Bertz CT molecular complexity index is 493. The van der Waals surface area contributed by atoms with Gasteiger partial charge >= 0.3 is 0 Å². The lowest BCUT2D eigenvalue weighted by Gasteiger charge is -2.05. The lowest BCUT2D eigenvalue weighted by molar-refractivity contribution is 0.576. The minimum atomic E-state index is -0.258. The highest BCUT2D eigenvalue weighted by Crippen LogP contribution is 2.28. The molecule has 0 bridgehead atoms. The van der Waals surface area contributed by atoms with E-state index in [0.29, 0.717) is 16.7 Å². The molecule has 2 N–H and O–H groups in total. The van der Waals surface area contributed by atoms with Gasteiger partial charge in [0.05, 0.1) is 0 Å². The monoisotopic (exact) mass is 271 g/mol. The standard InChI is InChI=1S/C11H11BrFNO/c1-6(14)2-7-3-9(13)4-8-5-10(12)15-11(7)8/h3-6H,2,14H2,1H3/t6-/m0/s1. The fourth-order valence-corrected chi connectivity index (χ4v) is 2.06. The summed E-state index contributed by atoms with van der Waals surface area (Å²) in [6.07, 6.45) is 0.605. The van der Waals surface area contributed by atoms with E-state index >= 15 is 0 Å². The van der Waals surface area contributed by atoms with E-state index in [1.54, 1.807) is 6.07 Å². The summed E-state index contributed by atoms with van der Waals surface area (Å²) < 4.78 is 19.3. The molecule has 0 fully saturated rings. The zero-order chi connectivity index (χ0) is 11.0. The van der Waals surface area contributed by atoms with E-state index in [4.69, 9.17) is 10.2 Å². The minimum Gasteiger partial charge on any atom is -0.449 e. The molecule has 2 rings (SSSR count). The van der Waals surface area contributed by atoms with Crippen LogP contribution in [0.5, 0.6) is 0 Å². The molecule has 0 aliphatic rings. The van der Waals surface area contributed by atoms with Crippen molar-refractivity contribution in [2.24, 2.45) is 5.73 Å². The van der Waals surface area contributed by atoms with Crippen molar-refractivity contribution in [1.29, 1.82) is 0 Å². The maximum Gasteiger partial charge on any atom is 0.170 e. The van der Waals surface area contributed by atoms with Crippen LogP contribution in [0.25, 0.3) is 11.0 Å². The summed E-state index contributed by atoms with van der Waals surface area (Å²) in [5.41, 5.74) is 7.22. The highest BCUT2D eigenvalue weighted by atomic mass is 79.9. The molecular formula is C11H11BrFNO. The van der Waals surface area contributed by atoms with E-state index in [-0.39, 0.29) is 11.9 Å². The second kappa shape index (κ2) is 3.94. The molecular weight excluding hydrogens is 261 g/mol. The fraction of sp³-hybridized carbons (Fsp3) is 0.273. The molecule has 1 heterocycles. The molecule has 15 heavy (non-hydrogen) atoms. The molecule has 0 saturated carbocycles. The van der Waals surface area contributed by atoms with Crippen molar-refractivity contribution in [2.45, 2.75) is 19.4 Å². The summed E-state index contributed by atoms with van der Waals surface area (Å²) in [6.45, 7) is 1.88. The zero-order valence-electron chi connectivity index (χ0n) is 8.26. The van der Waals surface area contributed by atoms with Crippen molar-refractivity contribution in [3.8, 4) is 0 Å². The first-order chi connectivity index (χ1) is 7.06. The van der Waals surface area contributed by atoms with E-state index in [1.165, 1.54) is 12.1 Å². The molecule has 0 spiro atoms. The van der Waals surface area contributed by atoms with Gasteiger partial charge in [-0.1, -0.05) is 0 Å². The van der Waals surface area contributed by atoms with Crippen LogP contribution in [0.1, 0.15) is 12.5 Å². The summed E-state index contributed by atoms with van der Waals surface area (Å²) >= 11 is 3.23. The van der Waals surface area contributed by atoms with E-state index in [1.807, 2.05) is 6.92 Å². The van der Waals surface area contributed by atoms with Gasteiger partial charge in [0, 0.05) is 11.4 Å². The molecule has 0 aliphatic carbocycles. The summed E-state index contributed by atoms with van der Waals surface area (Å²) in [6, 6.07) is 4.66. The Morgan fingerprint density at radius 2 is 2.20 bits per heavy atom. The molecule has 1 atom stereocenters. The van der Waals surface area contributed by atoms with E-state index in [0.717, 1.165) is 10.9 Å². The largest absolute Gasteiger partial charge is 0.449 e. The molecule has 4 heteroatoms. The molecule has 0 radical (unpaired) electrons. The van der Waals surface area contributed by atoms with Crippen LogP contribution in [0.15, 0.2) is 27.3 Å². The number of rotatable bonds is 2. The van der Waals surface area contributed by atoms with E-state index in [9.17, 15) is 4.39 Å². The van der Waals surface area contributed by atoms with Crippen LogP contribution in [-0.2, 0) is 6.42 Å². The summed E-state index contributed by atoms with van der Waals surface area (Å²) in [5.74, 6) is -0.258. The van der Waals surface area contributed by atoms with Crippen molar-refractivity contribution in [3.63, 3.8) is 0 Å². The second-order valence-corrected chi connectivity index (χ2v) is 4.50. The lowest BCUT2D eigenvalue weighted by atomic mass is 10.1. The average Bonchev–Trinajstić information content (AvgIpc) is 2.44. The van der Waals surface area contributed by atoms with Crippen LogP contribution >= 0.6 is 15.9 Å². The first kappa shape index (κ1) is 10.6. The van der Waals surface area contributed by atoms with Gasteiger partial charge < -0.3 is 10.2 Å².